The number of hydrazine groups is 1. The third kappa shape index (κ3) is 3.95. The standard InChI is InChI=1S/C21H31N3O3/c1-15(16-9-7-6-8-10-16)22-19(26)27-14-21(5)13-17(20(2,3)4)23-12-11-18(25)24(21)23/h6-10,15,17H,11-14H2,1-5H3,(H,22,26)/t15-,17+,21+/m0/s1. The number of amides is 2. The number of alkyl carbamates (subject to hydrolysis) is 1. The minimum absolute atomic E-state index is 0.0463. The van der Waals surface area contributed by atoms with Gasteiger partial charge < -0.3 is 10.1 Å². The summed E-state index contributed by atoms with van der Waals surface area (Å²) in [7, 11) is 0. The molecule has 0 radical (unpaired) electrons. The number of carbonyl (C=O) groups excluding carboxylic acids is 2. The number of nitrogens with one attached hydrogen (secondary N) is 1. The summed E-state index contributed by atoms with van der Waals surface area (Å²) in [4.78, 5) is 24.8. The highest BCUT2D eigenvalue weighted by atomic mass is 16.5. The van der Waals surface area contributed by atoms with Crippen molar-refractivity contribution in [3.8, 4) is 0 Å². The third-order valence-corrected chi connectivity index (χ3v) is 5.70. The zero-order valence-electron chi connectivity index (χ0n) is 17.0. The molecule has 2 amide bonds. The molecule has 3 atom stereocenters. The van der Waals surface area contributed by atoms with E-state index in [1.165, 1.54) is 0 Å². The van der Waals surface area contributed by atoms with Gasteiger partial charge in [0.2, 0.25) is 5.91 Å². The number of fused-ring (bicyclic) bond motifs is 1. The molecule has 2 aliphatic rings. The van der Waals surface area contributed by atoms with E-state index in [0.29, 0.717) is 6.42 Å². The van der Waals surface area contributed by atoms with Crippen LogP contribution < -0.4 is 5.32 Å². The first kappa shape index (κ1) is 19.7. The molecule has 0 spiro atoms. The SMILES string of the molecule is C[C@H](NC(=O)OC[C@@]1(C)C[C@H](C(C)(C)C)N2CCC(=O)N21)c1ccccc1. The van der Waals surface area contributed by atoms with E-state index in [0.717, 1.165) is 18.5 Å². The van der Waals surface area contributed by atoms with Crippen LogP contribution in [0.5, 0.6) is 0 Å². The van der Waals surface area contributed by atoms with Gasteiger partial charge in [-0.2, -0.15) is 0 Å². The molecular weight excluding hydrogens is 342 g/mol. The molecule has 2 saturated heterocycles. The average molecular weight is 373 g/mol. The van der Waals surface area contributed by atoms with Crippen molar-refractivity contribution < 1.29 is 14.3 Å². The minimum Gasteiger partial charge on any atom is -0.447 e. The van der Waals surface area contributed by atoms with Gasteiger partial charge in [0, 0.05) is 19.0 Å². The molecule has 6 heteroatoms. The number of nitrogens with zero attached hydrogens (tertiary/aromatic N) is 2. The lowest BCUT2D eigenvalue weighted by molar-refractivity contribution is -0.147. The Bertz CT molecular complexity index is 700. The van der Waals surface area contributed by atoms with Crippen molar-refractivity contribution >= 4 is 12.0 Å². The zero-order chi connectivity index (χ0) is 19.8. The van der Waals surface area contributed by atoms with Crippen LogP contribution in [-0.2, 0) is 9.53 Å². The topological polar surface area (TPSA) is 61.9 Å². The first-order valence-electron chi connectivity index (χ1n) is 9.70. The molecule has 0 saturated carbocycles. The molecule has 1 aromatic carbocycles. The minimum atomic E-state index is -0.501. The highest BCUT2D eigenvalue weighted by Gasteiger charge is 2.56. The molecule has 6 nitrogen and oxygen atoms in total. The van der Waals surface area contributed by atoms with Crippen LogP contribution in [0.15, 0.2) is 30.3 Å². The summed E-state index contributed by atoms with van der Waals surface area (Å²) in [5.41, 5.74) is 0.569. The molecule has 1 N–H and O–H groups in total. The number of rotatable bonds is 4. The second kappa shape index (κ2) is 7.15. The quantitative estimate of drug-likeness (QED) is 0.877. The van der Waals surface area contributed by atoms with Crippen LogP contribution in [0.2, 0.25) is 0 Å². The lowest BCUT2D eigenvalue weighted by atomic mass is 9.80. The van der Waals surface area contributed by atoms with Crippen molar-refractivity contribution in [2.24, 2.45) is 5.41 Å². The maximum atomic E-state index is 12.5. The Kier molecular flexibility index (Phi) is 5.21. The fourth-order valence-electron chi connectivity index (χ4n) is 4.21. The van der Waals surface area contributed by atoms with Gasteiger partial charge in [-0.15, -0.1) is 0 Å². The van der Waals surface area contributed by atoms with E-state index < -0.39 is 11.6 Å². The van der Waals surface area contributed by atoms with E-state index in [1.807, 2.05) is 49.2 Å². The lowest BCUT2D eigenvalue weighted by Crippen LogP contribution is -2.51. The van der Waals surface area contributed by atoms with Crippen molar-refractivity contribution in [2.45, 2.75) is 65.1 Å². The Labute approximate surface area is 161 Å². The van der Waals surface area contributed by atoms with Gasteiger partial charge in [0.1, 0.15) is 6.61 Å². The fourth-order valence-corrected chi connectivity index (χ4v) is 4.21. The summed E-state index contributed by atoms with van der Waals surface area (Å²) in [6.45, 7) is 11.5. The number of hydrogen-bond donors (Lipinski definition) is 1. The summed E-state index contributed by atoms with van der Waals surface area (Å²) < 4.78 is 5.57. The molecule has 0 aromatic heterocycles. The number of ether oxygens (including phenoxy) is 1. The zero-order valence-corrected chi connectivity index (χ0v) is 17.0. The van der Waals surface area contributed by atoms with Crippen molar-refractivity contribution in [3.05, 3.63) is 35.9 Å². The second-order valence-electron chi connectivity index (χ2n) is 9.05. The molecular formula is C21H31N3O3. The van der Waals surface area contributed by atoms with Crippen molar-refractivity contribution in [3.63, 3.8) is 0 Å². The number of carbonyl (C=O) groups is 2. The van der Waals surface area contributed by atoms with Crippen molar-refractivity contribution in [1.82, 2.24) is 15.3 Å². The first-order chi connectivity index (χ1) is 12.6. The van der Waals surface area contributed by atoms with E-state index in [-0.39, 0.29) is 30.0 Å². The molecule has 1 aromatic rings. The molecule has 27 heavy (non-hydrogen) atoms. The monoisotopic (exact) mass is 373 g/mol. The van der Waals surface area contributed by atoms with Gasteiger partial charge in [0.15, 0.2) is 0 Å². The van der Waals surface area contributed by atoms with Gasteiger partial charge >= 0.3 is 6.09 Å². The van der Waals surface area contributed by atoms with E-state index in [9.17, 15) is 9.59 Å². The first-order valence-corrected chi connectivity index (χ1v) is 9.70. The van der Waals surface area contributed by atoms with Gasteiger partial charge in [0.25, 0.3) is 0 Å². The Balaban J connectivity index is 1.64. The summed E-state index contributed by atoms with van der Waals surface area (Å²) >= 11 is 0. The second-order valence-corrected chi connectivity index (χ2v) is 9.05. The Morgan fingerprint density at radius 2 is 2.00 bits per heavy atom. The predicted molar refractivity (Wildman–Crippen MR) is 104 cm³/mol. The van der Waals surface area contributed by atoms with Gasteiger partial charge in [0.05, 0.1) is 11.6 Å². The Morgan fingerprint density at radius 3 is 2.63 bits per heavy atom. The van der Waals surface area contributed by atoms with Crippen LogP contribution in [0.1, 0.15) is 59.1 Å². The van der Waals surface area contributed by atoms with E-state index in [4.69, 9.17) is 4.74 Å². The van der Waals surface area contributed by atoms with Gasteiger partial charge in [-0.3, -0.25) is 9.80 Å². The fraction of sp³-hybridized carbons (Fsp3) is 0.619. The maximum absolute atomic E-state index is 12.5. The normalized spacial score (nSPS) is 26.8. The van der Waals surface area contributed by atoms with E-state index in [1.54, 1.807) is 0 Å². The summed E-state index contributed by atoms with van der Waals surface area (Å²) in [6.07, 6.45) is 0.869. The highest BCUT2D eigenvalue weighted by Crippen LogP contribution is 2.44. The summed E-state index contributed by atoms with van der Waals surface area (Å²) in [6, 6.07) is 9.89. The molecule has 3 rings (SSSR count). The highest BCUT2D eigenvalue weighted by molar-refractivity contribution is 5.79. The molecule has 148 valence electrons. The van der Waals surface area contributed by atoms with E-state index in [2.05, 4.69) is 31.1 Å². The molecule has 0 aliphatic carbocycles. The molecule has 2 fully saturated rings. The molecule has 0 unspecified atom stereocenters. The Hall–Kier alpha value is -2.08. The lowest BCUT2D eigenvalue weighted by Gasteiger charge is -2.36. The average Bonchev–Trinajstić information content (AvgIpc) is 3.13. The largest absolute Gasteiger partial charge is 0.447 e. The summed E-state index contributed by atoms with van der Waals surface area (Å²) in [5, 5.41) is 6.89. The molecule has 2 aliphatic heterocycles. The Morgan fingerprint density at radius 1 is 1.33 bits per heavy atom. The van der Waals surface area contributed by atoms with Crippen molar-refractivity contribution in [2.75, 3.05) is 13.2 Å². The van der Waals surface area contributed by atoms with Gasteiger partial charge in [-0.1, -0.05) is 51.1 Å². The van der Waals surface area contributed by atoms with Crippen LogP contribution in [0, 0.1) is 5.41 Å². The third-order valence-electron chi connectivity index (χ3n) is 5.70. The van der Waals surface area contributed by atoms with E-state index >= 15 is 0 Å². The summed E-state index contributed by atoms with van der Waals surface area (Å²) in [5.74, 6) is 0.117. The van der Waals surface area contributed by atoms with Crippen LogP contribution in [0.25, 0.3) is 0 Å². The molecule has 2 heterocycles. The number of benzene rings is 1. The number of hydrogen-bond acceptors (Lipinski definition) is 4. The van der Waals surface area contributed by atoms with Crippen LogP contribution in [0.3, 0.4) is 0 Å². The van der Waals surface area contributed by atoms with Gasteiger partial charge in [-0.25, -0.2) is 9.80 Å². The van der Waals surface area contributed by atoms with Crippen LogP contribution in [-0.4, -0.2) is 46.8 Å². The van der Waals surface area contributed by atoms with Crippen LogP contribution in [0.4, 0.5) is 4.79 Å². The van der Waals surface area contributed by atoms with Crippen molar-refractivity contribution in [1.29, 1.82) is 0 Å². The van der Waals surface area contributed by atoms with Crippen LogP contribution >= 0.6 is 0 Å². The predicted octanol–water partition coefficient (Wildman–Crippen LogP) is 3.50. The van der Waals surface area contributed by atoms with Gasteiger partial charge in [-0.05, 0) is 31.2 Å². The molecule has 0 bridgehead atoms. The maximum Gasteiger partial charge on any atom is 0.407 e. The smallest absolute Gasteiger partial charge is 0.407 e.